The molecule has 2 amide bonds. The number of hydrogen-bond acceptors (Lipinski definition) is 3. The average Bonchev–Trinajstić information content (AvgIpc) is 2.68. The third-order valence-corrected chi connectivity index (χ3v) is 2.67. The first kappa shape index (κ1) is 15.0. The van der Waals surface area contributed by atoms with Gasteiger partial charge in [-0.15, -0.1) is 0 Å². The van der Waals surface area contributed by atoms with Crippen LogP contribution in [0.4, 0.5) is 10.5 Å². The maximum absolute atomic E-state index is 11.8. The van der Waals surface area contributed by atoms with Crippen LogP contribution in [0.5, 0.6) is 0 Å². The Bertz CT molecular complexity index is 456. The Kier molecular flexibility index (Phi) is 5.35. The Labute approximate surface area is 112 Å². The Hall–Kier alpha value is -2.05. The van der Waals surface area contributed by atoms with Gasteiger partial charge in [0.15, 0.2) is 0 Å². The zero-order valence-corrected chi connectivity index (χ0v) is 11.4. The number of nitrogens with one attached hydrogen (secondary N) is 2. The van der Waals surface area contributed by atoms with Gasteiger partial charge in [-0.2, -0.15) is 5.10 Å². The SMILES string of the molecule is CCC[C@H](NC(=O)Nc1cn(C)nc1CC)C(=O)O. The van der Waals surface area contributed by atoms with Crippen molar-refractivity contribution in [3.8, 4) is 0 Å². The van der Waals surface area contributed by atoms with E-state index in [1.807, 2.05) is 13.8 Å². The topological polar surface area (TPSA) is 96.3 Å². The predicted molar refractivity (Wildman–Crippen MR) is 71.1 cm³/mol. The quantitative estimate of drug-likeness (QED) is 0.725. The van der Waals surface area contributed by atoms with Gasteiger partial charge in [-0.3, -0.25) is 4.68 Å². The first-order chi connectivity index (χ1) is 8.97. The predicted octanol–water partition coefficient (Wildman–Crippen LogP) is 1.36. The Morgan fingerprint density at radius 3 is 2.68 bits per heavy atom. The summed E-state index contributed by atoms with van der Waals surface area (Å²) in [5.41, 5.74) is 1.36. The maximum atomic E-state index is 11.8. The number of carboxylic acid groups (broad SMARTS) is 1. The molecule has 7 nitrogen and oxygen atoms in total. The number of amides is 2. The molecule has 0 saturated carbocycles. The summed E-state index contributed by atoms with van der Waals surface area (Å²) in [6, 6.07) is -1.39. The largest absolute Gasteiger partial charge is 0.480 e. The number of carbonyl (C=O) groups is 2. The third kappa shape index (κ3) is 4.27. The molecule has 0 unspecified atom stereocenters. The second kappa shape index (κ2) is 6.77. The van der Waals surface area contributed by atoms with Gasteiger partial charge in [0, 0.05) is 13.2 Å². The Morgan fingerprint density at radius 2 is 2.16 bits per heavy atom. The molecule has 0 aliphatic carbocycles. The zero-order valence-electron chi connectivity index (χ0n) is 11.4. The highest BCUT2D eigenvalue weighted by Crippen LogP contribution is 2.13. The van der Waals surface area contributed by atoms with Gasteiger partial charge >= 0.3 is 12.0 Å². The third-order valence-electron chi connectivity index (χ3n) is 2.67. The number of rotatable bonds is 6. The lowest BCUT2D eigenvalue weighted by Crippen LogP contribution is -2.42. The summed E-state index contributed by atoms with van der Waals surface area (Å²) in [6.45, 7) is 3.80. The fourth-order valence-electron chi connectivity index (χ4n) is 1.76. The fraction of sp³-hybridized carbons (Fsp3) is 0.583. The fourth-order valence-corrected chi connectivity index (χ4v) is 1.76. The van der Waals surface area contributed by atoms with E-state index in [9.17, 15) is 9.59 Å². The van der Waals surface area contributed by atoms with Crippen LogP contribution < -0.4 is 10.6 Å². The molecule has 1 aromatic heterocycles. The number of aliphatic carboxylic acids is 1. The maximum Gasteiger partial charge on any atom is 0.326 e. The molecule has 0 saturated heterocycles. The summed E-state index contributed by atoms with van der Waals surface area (Å²) in [5.74, 6) is -1.03. The van der Waals surface area contributed by atoms with Crippen molar-refractivity contribution in [3.05, 3.63) is 11.9 Å². The minimum atomic E-state index is -1.03. The van der Waals surface area contributed by atoms with Crippen LogP contribution in [0, 0.1) is 0 Å². The van der Waals surface area contributed by atoms with E-state index >= 15 is 0 Å². The summed E-state index contributed by atoms with van der Waals surface area (Å²) >= 11 is 0. The Balaban J connectivity index is 2.65. The molecule has 0 aromatic carbocycles. The molecular weight excluding hydrogens is 248 g/mol. The normalized spacial score (nSPS) is 11.9. The van der Waals surface area contributed by atoms with Crippen molar-refractivity contribution in [1.82, 2.24) is 15.1 Å². The van der Waals surface area contributed by atoms with E-state index in [1.165, 1.54) is 0 Å². The van der Waals surface area contributed by atoms with Crippen molar-refractivity contribution in [1.29, 1.82) is 0 Å². The molecule has 19 heavy (non-hydrogen) atoms. The van der Waals surface area contributed by atoms with Gasteiger partial charge in [-0.05, 0) is 12.8 Å². The van der Waals surface area contributed by atoms with Crippen LogP contribution in [-0.4, -0.2) is 32.9 Å². The minimum Gasteiger partial charge on any atom is -0.480 e. The summed E-state index contributed by atoms with van der Waals surface area (Å²) in [6.07, 6.45) is 3.46. The lowest BCUT2D eigenvalue weighted by molar-refractivity contribution is -0.139. The van der Waals surface area contributed by atoms with E-state index in [0.29, 0.717) is 24.9 Å². The standard InChI is InChI=1S/C12H20N4O3/c1-4-6-9(11(17)18)13-12(19)14-10-7-16(3)15-8(10)5-2/h7,9H,4-6H2,1-3H3,(H,17,18)(H2,13,14,19)/t9-/m0/s1. The molecule has 0 bridgehead atoms. The molecule has 0 radical (unpaired) electrons. The van der Waals surface area contributed by atoms with Gasteiger partial charge in [0.05, 0.1) is 11.4 Å². The molecule has 1 atom stereocenters. The van der Waals surface area contributed by atoms with Crippen molar-refractivity contribution in [2.45, 2.75) is 39.2 Å². The second-order valence-electron chi connectivity index (χ2n) is 4.29. The number of anilines is 1. The molecule has 7 heteroatoms. The van der Waals surface area contributed by atoms with Crippen LogP contribution >= 0.6 is 0 Å². The number of carbonyl (C=O) groups excluding carboxylic acids is 1. The highest BCUT2D eigenvalue weighted by atomic mass is 16.4. The summed E-state index contributed by atoms with van der Waals surface area (Å²) in [5, 5.41) is 18.2. The van der Waals surface area contributed by atoms with Crippen molar-refractivity contribution in [2.75, 3.05) is 5.32 Å². The molecule has 1 rings (SSSR count). The van der Waals surface area contributed by atoms with Crippen LogP contribution in [0.15, 0.2) is 6.20 Å². The molecule has 3 N–H and O–H groups in total. The van der Waals surface area contributed by atoms with Gasteiger partial charge in [0.1, 0.15) is 6.04 Å². The van der Waals surface area contributed by atoms with Crippen LogP contribution in [-0.2, 0) is 18.3 Å². The minimum absolute atomic E-state index is 0.399. The zero-order chi connectivity index (χ0) is 14.4. The van der Waals surface area contributed by atoms with E-state index in [1.54, 1.807) is 17.9 Å². The molecule has 1 aromatic rings. The highest BCUT2D eigenvalue weighted by molar-refractivity contribution is 5.92. The van der Waals surface area contributed by atoms with E-state index in [-0.39, 0.29) is 0 Å². The number of hydrogen-bond donors (Lipinski definition) is 3. The molecule has 0 spiro atoms. The number of aromatic nitrogens is 2. The highest BCUT2D eigenvalue weighted by Gasteiger charge is 2.19. The number of carboxylic acids is 1. The molecule has 106 valence electrons. The summed E-state index contributed by atoms with van der Waals surface area (Å²) in [7, 11) is 1.76. The first-order valence-corrected chi connectivity index (χ1v) is 6.30. The van der Waals surface area contributed by atoms with Crippen molar-refractivity contribution in [2.24, 2.45) is 7.05 Å². The van der Waals surface area contributed by atoms with Crippen molar-refractivity contribution < 1.29 is 14.7 Å². The van der Waals surface area contributed by atoms with Gasteiger partial charge in [-0.25, -0.2) is 9.59 Å². The van der Waals surface area contributed by atoms with Crippen LogP contribution in [0.25, 0.3) is 0 Å². The lowest BCUT2D eigenvalue weighted by Gasteiger charge is -2.14. The second-order valence-corrected chi connectivity index (χ2v) is 4.29. The summed E-state index contributed by atoms with van der Waals surface area (Å²) < 4.78 is 1.61. The van der Waals surface area contributed by atoms with Crippen LogP contribution in [0.3, 0.4) is 0 Å². The number of aryl methyl sites for hydroxylation is 2. The number of nitrogens with zero attached hydrogens (tertiary/aromatic N) is 2. The van der Waals surface area contributed by atoms with Gasteiger partial charge in [0.2, 0.25) is 0 Å². The molecule has 1 heterocycles. The van der Waals surface area contributed by atoms with Gasteiger partial charge in [0.25, 0.3) is 0 Å². The molecular formula is C12H20N4O3. The smallest absolute Gasteiger partial charge is 0.326 e. The van der Waals surface area contributed by atoms with E-state index in [0.717, 1.165) is 5.69 Å². The van der Waals surface area contributed by atoms with Gasteiger partial charge < -0.3 is 15.7 Å². The molecule has 0 aliphatic heterocycles. The molecule has 0 aliphatic rings. The van der Waals surface area contributed by atoms with E-state index in [4.69, 9.17) is 5.11 Å². The lowest BCUT2D eigenvalue weighted by atomic mass is 10.2. The van der Waals surface area contributed by atoms with Crippen LogP contribution in [0.2, 0.25) is 0 Å². The average molecular weight is 268 g/mol. The van der Waals surface area contributed by atoms with Crippen LogP contribution in [0.1, 0.15) is 32.4 Å². The monoisotopic (exact) mass is 268 g/mol. The van der Waals surface area contributed by atoms with E-state index in [2.05, 4.69) is 15.7 Å². The Morgan fingerprint density at radius 1 is 1.47 bits per heavy atom. The van der Waals surface area contributed by atoms with Crippen molar-refractivity contribution in [3.63, 3.8) is 0 Å². The van der Waals surface area contributed by atoms with Gasteiger partial charge in [-0.1, -0.05) is 20.3 Å². The first-order valence-electron chi connectivity index (χ1n) is 6.30. The van der Waals surface area contributed by atoms with Crippen molar-refractivity contribution >= 4 is 17.7 Å². The van der Waals surface area contributed by atoms with E-state index < -0.39 is 18.0 Å². The molecule has 0 fully saturated rings. The number of urea groups is 1. The summed E-state index contributed by atoms with van der Waals surface area (Å²) in [4.78, 5) is 22.7.